The molecule has 0 saturated heterocycles. The molecule has 27 heavy (non-hydrogen) atoms. The molecule has 0 radical (unpaired) electrons. The first-order valence-corrected chi connectivity index (χ1v) is 7.69. The molecule has 0 aliphatic rings. The van der Waals surface area contributed by atoms with Crippen molar-refractivity contribution in [3.8, 4) is 0 Å². The third-order valence-corrected chi connectivity index (χ3v) is 3.88. The zero-order valence-electron chi connectivity index (χ0n) is 15.1. The molecule has 5 nitrogen and oxygen atoms in total. The summed E-state index contributed by atoms with van der Waals surface area (Å²) in [6, 6.07) is 0. The molecule has 0 bridgehead atoms. The molecule has 0 aromatic heterocycles. The van der Waals surface area contributed by atoms with Crippen LogP contribution >= 0.6 is 0 Å². The minimum Gasteiger partial charge on any atom is -0.463 e. The van der Waals surface area contributed by atoms with Crippen LogP contribution in [0, 0.1) is 11.3 Å². The standard InChI is InChI=1S/C15H21F7O5/c1-9(2)12(3,4)11(24)26-6-5-25-7-10(23)27-8-13(16,17)14(18,19)15(20,21)22/h9H,5-8H2,1-4H3. The quantitative estimate of drug-likeness (QED) is 0.311. The lowest BCUT2D eigenvalue weighted by Gasteiger charge is -2.27. The number of hydrogen-bond acceptors (Lipinski definition) is 5. The highest BCUT2D eigenvalue weighted by Crippen LogP contribution is 2.46. The van der Waals surface area contributed by atoms with E-state index in [1.165, 1.54) is 0 Å². The first kappa shape index (κ1) is 25.4. The van der Waals surface area contributed by atoms with Crippen molar-refractivity contribution < 1.29 is 54.5 Å². The lowest BCUT2D eigenvalue weighted by Crippen LogP contribution is -2.54. The molecule has 0 unspecified atom stereocenters. The molecule has 0 aliphatic carbocycles. The molecular weight excluding hydrogens is 393 g/mol. The van der Waals surface area contributed by atoms with E-state index in [0.717, 1.165) is 0 Å². The van der Waals surface area contributed by atoms with Gasteiger partial charge in [-0.3, -0.25) is 4.79 Å². The zero-order chi connectivity index (χ0) is 21.7. The number of hydrogen-bond donors (Lipinski definition) is 0. The van der Waals surface area contributed by atoms with E-state index in [1.807, 2.05) is 0 Å². The fourth-order valence-electron chi connectivity index (χ4n) is 1.28. The van der Waals surface area contributed by atoms with Gasteiger partial charge < -0.3 is 14.2 Å². The monoisotopic (exact) mass is 414 g/mol. The second kappa shape index (κ2) is 9.07. The van der Waals surface area contributed by atoms with Crippen molar-refractivity contribution in [2.24, 2.45) is 11.3 Å². The Bertz CT molecular complexity index is 515. The summed E-state index contributed by atoms with van der Waals surface area (Å²) in [7, 11) is 0. The van der Waals surface area contributed by atoms with Crippen LogP contribution in [0.4, 0.5) is 30.7 Å². The van der Waals surface area contributed by atoms with Gasteiger partial charge in [0.25, 0.3) is 0 Å². The van der Waals surface area contributed by atoms with Crippen LogP contribution in [0.2, 0.25) is 0 Å². The maximum atomic E-state index is 12.9. The first-order valence-electron chi connectivity index (χ1n) is 7.69. The Morgan fingerprint density at radius 1 is 0.889 bits per heavy atom. The molecular formula is C15H21F7O5. The first-order chi connectivity index (χ1) is 12.0. The van der Waals surface area contributed by atoms with Crippen molar-refractivity contribution in [3.63, 3.8) is 0 Å². The maximum Gasteiger partial charge on any atom is 0.460 e. The van der Waals surface area contributed by atoms with Gasteiger partial charge in [0.15, 0.2) is 6.61 Å². The van der Waals surface area contributed by atoms with Crippen LogP contribution in [-0.2, 0) is 23.8 Å². The average Bonchev–Trinajstić information content (AvgIpc) is 2.50. The largest absolute Gasteiger partial charge is 0.463 e. The van der Waals surface area contributed by atoms with Gasteiger partial charge in [-0.2, -0.15) is 30.7 Å². The van der Waals surface area contributed by atoms with Crippen molar-refractivity contribution in [2.75, 3.05) is 26.4 Å². The van der Waals surface area contributed by atoms with E-state index in [4.69, 9.17) is 4.74 Å². The number of carbonyl (C=O) groups is 2. The van der Waals surface area contributed by atoms with Gasteiger partial charge in [-0.25, -0.2) is 4.79 Å². The molecule has 0 aromatic rings. The molecule has 0 fully saturated rings. The van der Waals surface area contributed by atoms with Crippen molar-refractivity contribution in [1.82, 2.24) is 0 Å². The molecule has 0 aromatic carbocycles. The fraction of sp³-hybridized carbons (Fsp3) is 0.867. The fourth-order valence-corrected chi connectivity index (χ4v) is 1.28. The van der Waals surface area contributed by atoms with Gasteiger partial charge >= 0.3 is 30.0 Å². The van der Waals surface area contributed by atoms with E-state index >= 15 is 0 Å². The van der Waals surface area contributed by atoms with Gasteiger partial charge in [0.05, 0.1) is 12.0 Å². The van der Waals surface area contributed by atoms with Crippen LogP contribution in [0.25, 0.3) is 0 Å². The summed E-state index contributed by atoms with van der Waals surface area (Å²) in [5, 5.41) is 0. The Kier molecular flexibility index (Phi) is 8.53. The maximum absolute atomic E-state index is 12.9. The predicted octanol–water partition coefficient (Wildman–Crippen LogP) is 3.60. The molecule has 0 heterocycles. The highest BCUT2D eigenvalue weighted by atomic mass is 19.4. The SMILES string of the molecule is CC(C)C(C)(C)C(=O)OCCOCC(=O)OCC(F)(F)C(F)(F)C(F)(F)F. The highest BCUT2D eigenvalue weighted by Gasteiger charge is 2.73. The molecule has 0 atom stereocenters. The lowest BCUT2D eigenvalue weighted by atomic mass is 9.81. The highest BCUT2D eigenvalue weighted by molar-refractivity contribution is 5.76. The third-order valence-electron chi connectivity index (χ3n) is 3.88. The Morgan fingerprint density at radius 2 is 1.41 bits per heavy atom. The van der Waals surface area contributed by atoms with Crippen molar-refractivity contribution in [2.45, 2.75) is 45.7 Å². The molecule has 0 spiro atoms. The van der Waals surface area contributed by atoms with Crippen LogP contribution in [0.1, 0.15) is 27.7 Å². The smallest absolute Gasteiger partial charge is 0.460 e. The van der Waals surface area contributed by atoms with Crippen LogP contribution in [-0.4, -0.2) is 56.4 Å². The topological polar surface area (TPSA) is 61.8 Å². The summed E-state index contributed by atoms with van der Waals surface area (Å²) < 4.78 is 100.0. The van der Waals surface area contributed by atoms with E-state index in [1.54, 1.807) is 27.7 Å². The van der Waals surface area contributed by atoms with Crippen LogP contribution in [0.3, 0.4) is 0 Å². The number of alkyl halides is 7. The Hall–Kier alpha value is -1.59. The molecule has 0 saturated carbocycles. The van der Waals surface area contributed by atoms with E-state index in [9.17, 15) is 40.3 Å². The van der Waals surface area contributed by atoms with E-state index in [0.29, 0.717) is 0 Å². The number of carbonyl (C=O) groups excluding carboxylic acids is 2. The van der Waals surface area contributed by atoms with E-state index < -0.39 is 48.6 Å². The van der Waals surface area contributed by atoms with Gasteiger partial charge in [0, 0.05) is 0 Å². The van der Waals surface area contributed by atoms with Gasteiger partial charge in [-0.15, -0.1) is 0 Å². The summed E-state index contributed by atoms with van der Waals surface area (Å²) in [4.78, 5) is 22.9. The summed E-state index contributed by atoms with van der Waals surface area (Å²) in [6.07, 6.45) is -6.51. The molecule has 160 valence electrons. The van der Waals surface area contributed by atoms with Crippen molar-refractivity contribution in [3.05, 3.63) is 0 Å². The zero-order valence-corrected chi connectivity index (χ0v) is 15.1. The van der Waals surface area contributed by atoms with E-state index in [2.05, 4.69) is 9.47 Å². The van der Waals surface area contributed by atoms with Gasteiger partial charge in [0.1, 0.15) is 13.2 Å². The number of halogens is 7. The van der Waals surface area contributed by atoms with Crippen molar-refractivity contribution >= 4 is 11.9 Å². The van der Waals surface area contributed by atoms with E-state index in [-0.39, 0.29) is 19.1 Å². The minimum atomic E-state index is -6.51. The summed E-state index contributed by atoms with van der Waals surface area (Å²) >= 11 is 0. The normalized spacial score (nSPS) is 13.6. The average molecular weight is 414 g/mol. The van der Waals surface area contributed by atoms with Crippen molar-refractivity contribution in [1.29, 1.82) is 0 Å². The summed E-state index contributed by atoms with van der Waals surface area (Å²) in [6.45, 7) is 2.79. The molecule has 0 N–H and O–H groups in total. The second-order valence-corrected chi connectivity index (χ2v) is 6.50. The Morgan fingerprint density at radius 3 is 1.85 bits per heavy atom. The molecule has 0 aliphatic heterocycles. The van der Waals surface area contributed by atoms with Gasteiger partial charge in [0.2, 0.25) is 0 Å². The lowest BCUT2D eigenvalue weighted by molar-refractivity contribution is -0.359. The summed E-state index contributed by atoms with van der Waals surface area (Å²) in [5.41, 5.74) is -0.784. The molecule has 0 rings (SSSR count). The molecule has 0 amide bonds. The van der Waals surface area contributed by atoms with Crippen LogP contribution in [0.5, 0.6) is 0 Å². The number of ether oxygens (including phenoxy) is 3. The number of rotatable bonds is 10. The van der Waals surface area contributed by atoms with Crippen LogP contribution < -0.4 is 0 Å². The predicted molar refractivity (Wildman–Crippen MR) is 77.3 cm³/mol. The summed E-state index contributed by atoms with van der Waals surface area (Å²) in [5.74, 6) is -14.2. The Labute approximate surface area is 151 Å². The third kappa shape index (κ3) is 6.82. The van der Waals surface area contributed by atoms with Gasteiger partial charge in [-0.1, -0.05) is 13.8 Å². The number of esters is 2. The Balaban J connectivity index is 4.25. The molecule has 12 heteroatoms. The van der Waals surface area contributed by atoms with Crippen LogP contribution in [0.15, 0.2) is 0 Å². The van der Waals surface area contributed by atoms with Gasteiger partial charge in [-0.05, 0) is 19.8 Å². The second-order valence-electron chi connectivity index (χ2n) is 6.50. The minimum absolute atomic E-state index is 0.0302.